The summed E-state index contributed by atoms with van der Waals surface area (Å²) in [4.78, 5) is 32.2. The molecule has 42 heavy (non-hydrogen) atoms. The molecule has 0 saturated heterocycles. The maximum absolute atomic E-state index is 13.5. The number of amides is 2. The highest BCUT2D eigenvalue weighted by atomic mass is 19.4. The van der Waals surface area contributed by atoms with Crippen LogP contribution in [0.2, 0.25) is 0 Å². The molecule has 5 nitrogen and oxygen atoms in total. The number of hydrogen-bond donors (Lipinski definition) is 1. The zero-order valence-electron chi connectivity index (χ0n) is 22.6. The molecule has 4 rings (SSSR count). The predicted octanol–water partition coefficient (Wildman–Crippen LogP) is 7.50. The Morgan fingerprint density at radius 1 is 0.881 bits per heavy atom. The molecular weight excluding hydrogens is 560 g/mol. The number of carbonyl (C=O) groups excluding carboxylic acids is 2. The smallest absolute Gasteiger partial charge is 0.361 e. The summed E-state index contributed by atoms with van der Waals surface area (Å²) in [5, 5.41) is 0.820. The highest BCUT2D eigenvalue weighted by Crippen LogP contribution is 2.36. The molecule has 1 aromatic heterocycles. The zero-order valence-corrected chi connectivity index (χ0v) is 22.6. The second-order valence-electron chi connectivity index (χ2n) is 9.62. The summed E-state index contributed by atoms with van der Waals surface area (Å²) in [6.07, 6.45) is -5.69. The van der Waals surface area contributed by atoms with Gasteiger partial charge in [0.1, 0.15) is 0 Å². The van der Waals surface area contributed by atoms with Gasteiger partial charge in [0.05, 0.1) is 17.2 Å². The Bertz CT molecular complexity index is 1560. The van der Waals surface area contributed by atoms with Crippen LogP contribution in [0.1, 0.15) is 34.0 Å². The number of nitrogens with zero attached hydrogens (tertiary/aromatic N) is 2. The molecule has 0 bridgehead atoms. The van der Waals surface area contributed by atoms with E-state index in [1.54, 1.807) is 43.5 Å². The Balaban J connectivity index is 1.72. The zero-order chi connectivity index (χ0) is 30.7. The van der Waals surface area contributed by atoms with E-state index in [2.05, 4.69) is 4.98 Å². The molecule has 220 valence electrons. The van der Waals surface area contributed by atoms with Crippen LogP contribution in [0.15, 0.2) is 91.1 Å². The molecule has 2 amide bonds. The Hall–Kier alpha value is -4.54. The van der Waals surface area contributed by atoms with Crippen LogP contribution in [-0.2, 0) is 23.6 Å². The molecule has 3 aromatic carbocycles. The normalized spacial score (nSPS) is 13.0. The Morgan fingerprint density at radius 3 is 2.07 bits per heavy atom. The average molecular weight is 588 g/mol. The van der Waals surface area contributed by atoms with Gasteiger partial charge in [-0.15, -0.1) is 0 Å². The maximum atomic E-state index is 13.5. The summed E-state index contributed by atoms with van der Waals surface area (Å²) >= 11 is 0. The lowest BCUT2D eigenvalue weighted by atomic mass is 10.0. The number of halogens is 6. The van der Waals surface area contributed by atoms with Crippen LogP contribution in [0.4, 0.5) is 32.0 Å². The van der Waals surface area contributed by atoms with Gasteiger partial charge in [-0.3, -0.25) is 9.59 Å². The van der Waals surface area contributed by atoms with Crippen molar-refractivity contribution in [1.29, 1.82) is 0 Å². The van der Waals surface area contributed by atoms with Gasteiger partial charge in [0, 0.05) is 48.0 Å². The highest BCUT2D eigenvalue weighted by molar-refractivity contribution is 6.01. The van der Waals surface area contributed by atoms with Crippen LogP contribution < -0.4 is 4.90 Å². The first-order valence-electron chi connectivity index (χ1n) is 13.0. The molecular formula is C31H27F6N3O2. The van der Waals surface area contributed by atoms with Crippen LogP contribution in [0.3, 0.4) is 0 Å². The molecule has 1 unspecified atom stereocenters. The van der Waals surface area contributed by atoms with Crippen molar-refractivity contribution in [2.45, 2.75) is 31.7 Å². The first-order chi connectivity index (χ1) is 19.8. The van der Waals surface area contributed by atoms with E-state index in [4.69, 9.17) is 0 Å². The lowest BCUT2D eigenvalue weighted by Gasteiger charge is -2.27. The van der Waals surface area contributed by atoms with Crippen LogP contribution in [0, 0.1) is 0 Å². The molecule has 1 heterocycles. The van der Waals surface area contributed by atoms with Gasteiger partial charge in [0.25, 0.3) is 11.8 Å². The molecule has 0 aliphatic rings. The lowest BCUT2D eigenvalue weighted by molar-refractivity contribution is -0.143. The number of H-pyrrole nitrogens is 1. The monoisotopic (exact) mass is 587 g/mol. The number of carbonyl (C=O) groups is 2. The Morgan fingerprint density at radius 2 is 1.48 bits per heavy atom. The van der Waals surface area contributed by atoms with Gasteiger partial charge < -0.3 is 14.8 Å². The molecule has 1 atom stereocenters. The van der Waals surface area contributed by atoms with Crippen molar-refractivity contribution in [3.05, 3.63) is 113 Å². The molecule has 0 radical (unpaired) electrons. The molecule has 0 aliphatic carbocycles. The summed E-state index contributed by atoms with van der Waals surface area (Å²) in [6.45, 7) is 2.11. The molecule has 11 heteroatoms. The number of aromatic nitrogens is 1. The third-order valence-corrected chi connectivity index (χ3v) is 6.87. The quantitative estimate of drug-likeness (QED) is 0.172. The first kappa shape index (κ1) is 30.4. The second-order valence-corrected chi connectivity index (χ2v) is 9.62. The van der Waals surface area contributed by atoms with E-state index in [0.29, 0.717) is 24.4 Å². The second kappa shape index (κ2) is 12.1. The topological polar surface area (TPSA) is 56.4 Å². The summed E-state index contributed by atoms with van der Waals surface area (Å²) in [7, 11) is 1.28. The van der Waals surface area contributed by atoms with Gasteiger partial charge in [-0.2, -0.15) is 26.3 Å². The Kier molecular flexibility index (Phi) is 8.79. The van der Waals surface area contributed by atoms with Crippen LogP contribution >= 0.6 is 0 Å². The van der Waals surface area contributed by atoms with Crippen LogP contribution in [0.25, 0.3) is 10.9 Å². The van der Waals surface area contributed by atoms with Gasteiger partial charge in [0.2, 0.25) is 0 Å². The molecule has 0 aliphatic heterocycles. The largest absolute Gasteiger partial charge is 0.416 e. The first-order valence-corrected chi connectivity index (χ1v) is 13.0. The van der Waals surface area contributed by atoms with Crippen molar-refractivity contribution in [2.24, 2.45) is 0 Å². The Labute approximate surface area is 238 Å². The van der Waals surface area contributed by atoms with Crippen molar-refractivity contribution in [2.75, 3.05) is 18.5 Å². The number of hydrogen-bond acceptors (Lipinski definition) is 2. The minimum Gasteiger partial charge on any atom is -0.361 e. The van der Waals surface area contributed by atoms with E-state index in [9.17, 15) is 35.9 Å². The van der Waals surface area contributed by atoms with E-state index in [-0.39, 0.29) is 12.5 Å². The number of aromatic amines is 1. The fraction of sp³-hybridized carbons (Fsp3) is 0.226. The minimum atomic E-state index is -5.11. The standard InChI is InChI=1S/C31H27F6N3O2/c1-3-40(24-9-5-4-6-10-24)28(41)14-13-25(17-21-19-38-27-12-8-7-11-26(21)27)39(2)29(42)20-15-22(30(32,33)34)18-23(16-20)31(35,36)37/h4-16,18-19,25,38H,3,17H2,1-2H3. The lowest BCUT2D eigenvalue weighted by Crippen LogP contribution is -2.38. The number of alkyl halides is 6. The number of fused-ring (bicyclic) bond motifs is 1. The van der Waals surface area contributed by atoms with Crippen molar-refractivity contribution in [3.8, 4) is 0 Å². The summed E-state index contributed by atoms with van der Waals surface area (Å²) in [5.41, 5.74) is -1.78. The van der Waals surface area contributed by atoms with Gasteiger partial charge >= 0.3 is 12.4 Å². The number of likely N-dealkylation sites (N-methyl/N-ethyl adjacent to an activating group) is 2. The van der Waals surface area contributed by atoms with E-state index in [0.717, 1.165) is 21.4 Å². The van der Waals surface area contributed by atoms with E-state index < -0.39 is 46.9 Å². The third kappa shape index (κ3) is 6.84. The highest BCUT2D eigenvalue weighted by Gasteiger charge is 2.38. The summed E-state index contributed by atoms with van der Waals surface area (Å²) in [6, 6.07) is 16.0. The fourth-order valence-electron chi connectivity index (χ4n) is 4.65. The molecule has 1 N–H and O–H groups in total. The summed E-state index contributed by atoms with van der Waals surface area (Å²) in [5.74, 6) is -1.48. The van der Waals surface area contributed by atoms with E-state index >= 15 is 0 Å². The molecule has 0 saturated carbocycles. The SMILES string of the molecule is CCN(C(=O)C=CC(Cc1c[nH]c2ccccc12)N(C)C(=O)c1cc(C(F)(F)F)cc(C(F)(F)F)c1)c1ccccc1. The number of benzene rings is 3. The van der Waals surface area contributed by atoms with Gasteiger partial charge in [-0.05, 0) is 55.3 Å². The number of anilines is 1. The number of rotatable bonds is 8. The molecule has 4 aromatic rings. The van der Waals surface area contributed by atoms with Crippen LogP contribution in [0.5, 0.6) is 0 Å². The van der Waals surface area contributed by atoms with Crippen molar-refractivity contribution < 1.29 is 35.9 Å². The number of para-hydroxylation sites is 2. The predicted molar refractivity (Wildman–Crippen MR) is 148 cm³/mol. The summed E-state index contributed by atoms with van der Waals surface area (Å²) < 4.78 is 80.8. The van der Waals surface area contributed by atoms with E-state index in [1.165, 1.54) is 24.1 Å². The molecule has 0 spiro atoms. The minimum absolute atomic E-state index is 0.0261. The van der Waals surface area contributed by atoms with Gasteiger partial charge in [0.15, 0.2) is 0 Å². The van der Waals surface area contributed by atoms with Crippen LogP contribution in [-0.4, -0.2) is 41.3 Å². The van der Waals surface area contributed by atoms with Gasteiger partial charge in [-0.1, -0.05) is 42.5 Å². The third-order valence-electron chi connectivity index (χ3n) is 6.87. The van der Waals surface area contributed by atoms with Gasteiger partial charge in [-0.25, -0.2) is 0 Å². The van der Waals surface area contributed by atoms with Crippen molar-refractivity contribution >= 4 is 28.4 Å². The van der Waals surface area contributed by atoms with E-state index in [1.807, 2.05) is 24.3 Å². The number of nitrogens with one attached hydrogen (secondary N) is 1. The fourth-order valence-corrected chi connectivity index (χ4v) is 4.65. The average Bonchev–Trinajstić information content (AvgIpc) is 3.37. The van der Waals surface area contributed by atoms with Crippen molar-refractivity contribution in [1.82, 2.24) is 9.88 Å². The molecule has 0 fully saturated rings. The van der Waals surface area contributed by atoms with Crippen molar-refractivity contribution in [3.63, 3.8) is 0 Å². The maximum Gasteiger partial charge on any atom is 0.416 e.